The summed E-state index contributed by atoms with van der Waals surface area (Å²) in [7, 11) is 1.64. The highest BCUT2D eigenvalue weighted by molar-refractivity contribution is 9.10. The van der Waals surface area contributed by atoms with E-state index < -0.39 is 0 Å². The Labute approximate surface area is 127 Å². The van der Waals surface area contributed by atoms with Crippen LogP contribution in [0.25, 0.3) is 0 Å². The van der Waals surface area contributed by atoms with Gasteiger partial charge < -0.3 is 10.1 Å². The Balaban J connectivity index is 2.30. The van der Waals surface area contributed by atoms with Crippen molar-refractivity contribution in [3.05, 3.63) is 57.8 Å². The van der Waals surface area contributed by atoms with Crippen molar-refractivity contribution in [2.75, 3.05) is 12.4 Å². The third-order valence-electron chi connectivity index (χ3n) is 3.19. The summed E-state index contributed by atoms with van der Waals surface area (Å²) in [5.74, 6) is 0.538. The van der Waals surface area contributed by atoms with E-state index in [1.165, 1.54) is 6.07 Å². The minimum Gasteiger partial charge on any atom is -0.495 e. The first-order valence-corrected chi connectivity index (χ1v) is 7.16. The SMILES string of the molecule is COc1cc(Br)cc(C)c1NC(C)c1cccc(F)c1. The molecule has 0 aromatic heterocycles. The molecule has 0 heterocycles. The zero-order valence-corrected chi connectivity index (χ0v) is 13.3. The zero-order chi connectivity index (χ0) is 14.7. The van der Waals surface area contributed by atoms with E-state index in [0.29, 0.717) is 0 Å². The molecule has 0 fully saturated rings. The molecule has 2 rings (SSSR count). The van der Waals surface area contributed by atoms with Crippen molar-refractivity contribution in [2.24, 2.45) is 0 Å². The van der Waals surface area contributed by atoms with Crippen molar-refractivity contribution >= 4 is 21.6 Å². The summed E-state index contributed by atoms with van der Waals surface area (Å²) in [6.45, 7) is 4.00. The second-order valence-electron chi connectivity index (χ2n) is 4.72. The molecule has 2 aromatic rings. The van der Waals surface area contributed by atoms with Crippen molar-refractivity contribution in [3.8, 4) is 5.75 Å². The summed E-state index contributed by atoms with van der Waals surface area (Å²) in [5, 5.41) is 3.39. The summed E-state index contributed by atoms with van der Waals surface area (Å²) in [4.78, 5) is 0. The second-order valence-corrected chi connectivity index (χ2v) is 5.64. The summed E-state index contributed by atoms with van der Waals surface area (Å²) in [6.07, 6.45) is 0. The molecule has 1 atom stereocenters. The predicted octanol–water partition coefficient (Wildman–Crippen LogP) is 5.08. The van der Waals surface area contributed by atoms with E-state index in [-0.39, 0.29) is 11.9 Å². The molecule has 0 amide bonds. The van der Waals surface area contributed by atoms with Gasteiger partial charge in [-0.1, -0.05) is 28.1 Å². The molecule has 1 N–H and O–H groups in total. The van der Waals surface area contributed by atoms with Crippen molar-refractivity contribution in [3.63, 3.8) is 0 Å². The Hall–Kier alpha value is -1.55. The molecular formula is C16H17BrFNO. The molecule has 20 heavy (non-hydrogen) atoms. The van der Waals surface area contributed by atoms with Crippen molar-refractivity contribution in [2.45, 2.75) is 19.9 Å². The minimum absolute atomic E-state index is 0.0144. The minimum atomic E-state index is -0.226. The Morgan fingerprint density at radius 1 is 1.25 bits per heavy atom. The van der Waals surface area contributed by atoms with Crippen LogP contribution >= 0.6 is 15.9 Å². The Morgan fingerprint density at radius 3 is 2.65 bits per heavy atom. The zero-order valence-electron chi connectivity index (χ0n) is 11.7. The highest BCUT2D eigenvalue weighted by atomic mass is 79.9. The van der Waals surface area contributed by atoms with Gasteiger partial charge in [-0.2, -0.15) is 0 Å². The maximum atomic E-state index is 13.3. The van der Waals surface area contributed by atoms with Crippen LogP contribution in [0.5, 0.6) is 5.75 Å². The molecule has 0 radical (unpaired) electrons. The molecule has 0 aliphatic heterocycles. The first-order valence-electron chi connectivity index (χ1n) is 6.37. The lowest BCUT2D eigenvalue weighted by Gasteiger charge is -2.20. The van der Waals surface area contributed by atoms with Crippen LogP contribution in [-0.2, 0) is 0 Å². The first-order chi connectivity index (χ1) is 9.51. The van der Waals surface area contributed by atoms with Crippen LogP contribution in [0.15, 0.2) is 40.9 Å². The van der Waals surface area contributed by atoms with E-state index in [2.05, 4.69) is 21.2 Å². The van der Waals surface area contributed by atoms with E-state index >= 15 is 0 Å². The number of ether oxygens (including phenoxy) is 1. The fourth-order valence-corrected chi connectivity index (χ4v) is 2.69. The summed E-state index contributed by atoms with van der Waals surface area (Å²) in [6, 6.07) is 10.5. The van der Waals surface area contributed by atoms with E-state index in [1.807, 2.05) is 32.0 Å². The van der Waals surface area contributed by atoms with Crippen LogP contribution in [0, 0.1) is 12.7 Å². The molecule has 2 nitrogen and oxygen atoms in total. The van der Waals surface area contributed by atoms with Gasteiger partial charge in [-0.25, -0.2) is 4.39 Å². The number of benzene rings is 2. The van der Waals surface area contributed by atoms with Gasteiger partial charge in [0.15, 0.2) is 0 Å². The lowest BCUT2D eigenvalue weighted by atomic mass is 10.1. The van der Waals surface area contributed by atoms with E-state index in [1.54, 1.807) is 19.2 Å². The third-order valence-corrected chi connectivity index (χ3v) is 3.65. The van der Waals surface area contributed by atoms with Crippen LogP contribution < -0.4 is 10.1 Å². The average molecular weight is 338 g/mol. The maximum absolute atomic E-state index is 13.3. The number of methoxy groups -OCH3 is 1. The van der Waals surface area contributed by atoms with Gasteiger partial charge in [-0.15, -0.1) is 0 Å². The van der Waals surface area contributed by atoms with E-state index in [9.17, 15) is 4.39 Å². The molecule has 0 bridgehead atoms. The lowest BCUT2D eigenvalue weighted by molar-refractivity contribution is 0.415. The van der Waals surface area contributed by atoms with Crippen LogP contribution in [0.4, 0.5) is 10.1 Å². The van der Waals surface area contributed by atoms with E-state index in [4.69, 9.17) is 4.74 Å². The fraction of sp³-hybridized carbons (Fsp3) is 0.250. The number of anilines is 1. The average Bonchev–Trinajstić information content (AvgIpc) is 2.41. The molecule has 4 heteroatoms. The standard InChI is InChI=1S/C16H17BrFNO/c1-10-7-13(17)9-15(20-3)16(10)19-11(2)12-5-4-6-14(18)8-12/h4-9,11,19H,1-3H3. The van der Waals surface area contributed by atoms with Crippen LogP contribution in [0.3, 0.4) is 0 Å². The lowest BCUT2D eigenvalue weighted by Crippen LogP contribution is -2.09. The summed E-state index contributed by atoms with van der Waals surface area (Å²) in [5.41, 5.74) is 2.89. The smallest absolute Gasteiger partial charge is 0.143 e. The molecule has 0 saturated carbocycles. The molecule has 106 valence electrons. The first kappa shape index (κ1) is 14.9. The Bertz CT molecular complexity index is 615. The van der Waals surface area contributed by atoms with Gasteiger partial charge in [0.1, 0.15) is 11.6 Å². The summed E-state index contributed by atoms with van der Waals surface area (Å²) < 4.78 is 19.7. The van der Waals surface area contributed by atoms with E-state index in [0.717, 1.165) is 27.0 Å². The number of rotatable bonds is 4. The molecule has 0 aliphatic carbocycles. The maximum Gasteiger partial charge on any atom is 0.143 e. The fourth-order valence-electron chi connectivity index (χ4n) is 2.13. The monoisotopic (exact) mass is 337 g/mol. The topological polar surface area (TPSA) is 21.3 Å². The van der Waals surface area contributed by atoms with Gasteiger partial charge in [0, 0.05) is 10.5 Å². The van der Waals surface area contributed by atoms with Crippen molar-refractivity contribution in [1.82, 2.24) is 0 Å². The van der Waals surface area contributed by atoms with Crippen LogP contribution in [-0.4, -0.2) is 7.11 Å². The van der Waals surface area contributed by atoms with Gasteiger partial charge in [0.25, 0.3) is 0 Å². The summed E-state index contributed by atoms with van der Waals surface area (Å²) >= 11 is 3.45. The molecule has 2 aromatic carbocycles. The predicted molar refractivity (Wildman–Crippen MR) is 83.9 cm³/mol. The number of hydrogen-bond donors (Lipinski definition) is 1. The van der Waals surface area contributed by atoms with Gasteiger partial charge in [-0.05, 0) is 49.2 Å². The number of hydrogen-bond acceptors (Lipinski definition) is 2. The number of nitrogens with one attached hydrogen (secondary N) is 1. The highest BCUT2D eigenvalue weighted by Gasteiger charge is 2.12. The van der Waals surface area contributed by atoms with Gasteiger partial charge in [0.05, 0.1) is 12.8 Å². The van der Waals surface area contributed by atoms with Crippen LogP contribution in [0.2, 0.25) is 0 Å². The van der Waals surface area contributed by atoms with Crippen molar-refractivity contribution in [1.29, 1.82) is 0 Å². The van der Waals surface area contributed by atoms with Crippen molar-refractivity contribution < 1.29 is 9.13 Å². The number of halogens is 2. The molecule has 1 unspecified atom stereocenters. The Morgan fingerprint density at radius 2 is 2.00 bits per heavy atom. The largest absolute Gasteiger partial charge is 0.495 e. The van der Waals surface area contributed by atoms with Gasteiger partial charge >= 0.3 is 0 Å². The normalized spacial score (nSPS) is 12.1. The second kappa shape index (κ2) is 6.27. The molecule has 0 spiro atoms. The van der Waals surface area contributed by atoms with Gasteiger partial charge in [-0.3, -0.25) is 0 Å². The third kappa shape index (κ3) is 3.31. The number of aryl methyl sites for hydroxylation is 1. The molecule has 0 aliphatic rings. The quantitative estimate of drug-likeness (QED) is 0.840. The van der Waals surface area contributed by atoms with Gasteiger partial charge in [0.2, 0.25) is 0 Å². The highest BCUT2D eigenvalue weighted by Crippen LogP contribution is 2.34. The Kier molecular flexibility index (Phi) is 4.65. The molecular weight excluding hydrogens is 321 g/mol. The molecule has 0 saturated heterocycles. The van der Waals surface area contributed by atoms with Crippen LogP contribution in [0.1, 0.15) is 24.1 Å².